The van der Waals surface area contributed by atoms with Gasteiger partial charge in [0.25, 0.3) is 5.56 Å². The molecule has 0 spiro atoms. The SMILES string of the molecule is CC(C)n1c(=O)c(-c2c(F)cc(NS(=O)(=O)CCC(F)(F)F)cc2F)nc2cnc(N[C@H]3CC[C@H](NC(=O)O)CC3)nc21. The predicted molar refractivity (Wildman–Crippen MR) is 146 cm³/mol. The Morgan fingerprint density at radius 1 is 1.09 bits per heavy atom. The van der Waals surface area contributed by atoms with Crippen molar-refractivity contribution >= 4 is 38.9 Å². The number of carboxylic acid groups (broad SMARTS) is 1. The summed E-state index contributed by atoms with van der Waals surface area (Å²) in [5.74, 6) is -3.93. The molecule has 1 saturated carbocycles. The number of nitrogens with one attached hydrogen (secondary N) is 3. The predicted octanol–water partition coefficient (Wildman–Crippen LogP) is 4.40. The van der Waals surface area contributed by atoms with Crippen molar-refractivity contribution in [1.82, 2.24) is 24.8 Å². The molecule has 3 aromatic rings. The molecule has 18 heteroatoms. The molecule has 0 bridgehead atoms. The lowest BCUT2D eigenvalue weighted by molar-refractivity contribution is -0.129. The first kappa shape index (κ1) is 31.8. The van der Waals surface area contributed by atoms with E-state index < -0.39 is 74.6 Å². The van der Waals surface area contributed by atoms with Gasteiger partial charge in [0, 0.05) is 18.1 Å². The zero-order valence-corrected chi connectivity index (χ0v) is 23.7. The quantitative estimate of drug-likeness (QED) is 0.250. The minimum atomic E-state index is -4.76. The van der Waals surface area contributed by atoms with E-state index in [9.17, 15) is 31.2 Å². The molecule has 2 aromatic heterocycles. The van der Waals surface area contributed by atoms with E-state index in [0.717, 1.165) is 0 Å². The minimum absolute atomic E-state index is 0.0268. The maximum absolute atomic E-state index is 15.2. The molecule has 1 amide bonds. The number of fused-ring (bicyclic) bond motifs is 1. The molecule has 1 aliphatic rings. The van der Waals surface area contributed by atoms with Crippen LogP contribution in [0.1, 0.15) is 52.0 Å². The second-order valence-corrected chi connectivity index (χ2v) is 12.2. The summed E-state index contributed by atoms with van der Waals surface area (Å²) in [7, 11) is -4.59. The Morgan fingerprint density at radius 3 is 2.26 bits per heavy atom. The number of sulfonamides is 1. The van der Waals surface area contributed by atoms with Gasteiger partial charge in [-0.3, -0.25) is 14.1 Å². The van der Waals surface area contributed by atoms with E-state index in [4.69, 9.17) is 5.11 Å². The molecule has 12 nitrogen and oxygen atoms in total. The summed E-state index contributed by atoms with van der Waals surface area (Å²) in [6.07, 6.45) is -3.77. The fraction of sp³-hybridized carbons (Fsp3) is 0.480. The van der Waals surface area contributed by atoms with Crippen molar-refractivity contribution in [2.24, 2.45) is 0 Å². The molecular formula is C25H28F5N7O5S. The highest BCUT2D eigenvalue weighted by Gasteiger charge is 2.30. The Morgan fingerprint density at radius 2 is 1.70 bits per heavy atom. The van der Waals surface area contributed by atoms with Crippen LogP contribution in [0.25, 0.3) is 22.4 Å². The third-order valence-electron chi connectivity index (χ3n) is 6.74. The van der Waals surface area contributed by atoms with Crippen LogP contribution in [0.3, 0.4) is 0 Å². The fourth-order valence-electron chi connectivity index (χ4n) is 4.79. The second kappa shape index (κ2) is 12.3. The third kappa shape index (κ3) is 7.85. The second-order valence-electron chi connectivity index (χ2n) is 10.4. The number of halogens is 5. The van der Waals surface area contributed by atoms with Crippen molar-refractivity contribution in [1.29, 1.82) is 0 Å². The largest absolute Gasteiger partial charge is 0.465 e. The number of carbonyl (C=O) groups is 1. The van der Waals surface area contributed by atoms with Crippen molar-refractivity contribution < 1.29 is 40.3 Å². The van der Waals surface area contributed by atoms with Crippen LogP contribution in [0.4, 0.5) is 38.4 Å². The van der Waals surface area contributed by atoms with Crippen LogP contribution in [0.2, 0.25) is 0 Å². The molecule has 0 aliphatic heterocycles. The summed E-state index contributed by atoms with van der Waals surface area (Å²) in [5, 5.41) is 14.5. The first-order valence-electron chi connectivity index (χ1n) is 13.1. The van der Waals surface area contributed by atoms with E-state index >= 15 is 8.78 Å². The minimum Gasteiger partial charge on any atom is -0.465 e. The summed E-state index contributed by atoms with van der Waals surface area (Å²) in [6.45, 7) is 3.28. The normalized spacial score (nSPS) is 17.7. The summed E-state index contributed by atoms with van der Waals surface area (Å²) in [5.41, 5.74) is -2.97. The first-order chi connectivity index (χ1) is 20.0. The fourth-order valence-corrected chi connectivity index (χ4v) is 5.87. The van der Waals surface area contributed by atoms with E-state index in [-0.39, 0.29) is 29.2 Å². The summed E-state index contributed by atoms with van der Waals surface area (Å²) < 4.78 is 94.4. The lowest BCUT2D eigenvalue weighted by Crippen LogP contribution is -2.39. The number of amides is 1. The number of hydrogen-bond acceptors (Lipinski definition) is 8. The maximum Gasteiger partial charge on any atom is 0.404 e. The molecule has 0 radical (unpaired) electrons. The zero-order chi connectivity index (χ0) is 31.7. The number of benzene rings is 1. The van der Waals surface area contributed by atoms with Gasteiger partial charge in [-0.15, -0.1) is 0 Å². The van der Waals surface area contributed by atoms with Crippen LogP contribution in [0.15, 0.2) is 23.1 Å². The van der Waals surface area contributed by atoms with Crippen LogP contribution in [-0.2, 0) is 10.0 Å². The van der Waals surface area contributed by atoms with Gasteiger partial charge in [0.1, 0.15) is 22.8 Å². The molecule has 0 unspecified atom stereocenters. The van der Waals surface area contributed by atoms with Gasteiger partial charge in [0.2, 0.25) is 16.0 Å². The van der Waals surface area contributed by atoms with Crippen LogP contribution in [-0.4, -0.2) is 63.1 Å². The van der Waals surface area contributed by atoms with E-state index in [1.54, 1.807) is 18.6 Å². The average molecular weight is 634 g/mol. The number of aromatic nitrogens is 4. The number of alkyl halides is 3. The van der Waals surface area contributed by atoms with Crippen molar-refractivity contribution in [3.8, 4) is 11.3 Å². The monoisotopic (exact) mass is 633 g/mol. The van der Waals surface area contributed by atoms with Gasteiger partial charge in [-0.1, -0.05) is 0 Å². The van der Waals surface area contributed by atoms with Gasteiger partial charge < -0.3 is 15.7 Å². The molecule has 4 rings (SSSR count). The maximum atomic E-state index is 15.2. The zero-order valence-electron chi connectivity index (χ0n) is 22.9. The molecule has 1 fully saturated rings. The van der Waals surface area contributed by atoms with E-state index in [1.165, 1.54) is 10.8 Å². The number of hydrogen-bond donors (Lipinski definition) is 4. The van der Waals surface area contributed by atoms with Crippen LogP contribution < -0.4 is 20.9 Å². The molecule has 0 saturated heterocycles. The summed E-state index contributed by atoms with van der Waals surface area (Å²) >= 11 is 0. The Bertz CT molecular complexity index is 1670. The van der Waals surface area contributed by atoms with Gasteiger partial charge in [-0.25, -0.2) is 32.0 Å². The molecule has 1 aliphatic carbocycles. The number of anilines is 2. The molecule has 43 heavy (non-hydrogen) atoms. The Balaban J connectivity index is 1.64. The lowest BCUT2D eigenvalue weighted by atomic mass is 9.91. The molecule has 234 valence electrons. The van der Waals surface area contributed by atoms with Gasteiger partial charge in [0.05, 0.1) is 29.6 Å². The van der Waals surface area contributed by atoms with Crippen LogP contribution in [0, 0.1) is 11.6 Å². The van der Waals surface area contributed by atoms with Crippen molar-refractivity contribution in [3.63, 3.8) is 0 Å². The smallest absolute Gasteiger partial charge is 0.404 e. The molecular weight excluding hydrogens is 605 g/mol. The molecule has 4 N–H and O–H groups in total. The highest BCUT2D eigenvalue weighted by molar-refractivity contribution is 7.92. The van der Waals surface area contributed by atoms with Crippen molar-refractivity contribution in [3.05, 3.63) is 40.3 Å². The Hall–Kier alpha value is -4.09. The van der Waals surface area contributed by atoms with E-state index in [2.05, 4.69) is 25.6 Å². The van der Waals surface area contributed by atoms with Crippen LogP contribution >= 0.6 is 0 Å². The van der Waals surface area contributed by atoms with Gasteiger partial charge in [-0.2, -0.15) is 18.2 Å². The highest BCUT2D eigenvalue weighted by atomic mass is 32.2. The Labute approximate surface area is 241 Å². The average Bonchev–Trinajstić information content (AvgIpc) is 2.87. The van der Waals surface area contributed by atoms with Crippen LogP contribution in [0.5, 0.6) is 0 Å². The lowest BCUT2D eigenvalue weighted by Gasteiger charge is -2.29. The van der Waals surface area contributed by atoms with Gasteiger partial charge >= 0.3 is 12.3 Å². The van der Waals surface area contributed by atoms with Gasteiger partial charge in [0.15, 0.2) is 5.65 Å². The van der Waals surface area contributed by atoms with Crippen molar-refractivity contribution in [2.45, 2.75) is 70.3 Å². The third-order valence-corrected chi connectivity index (χ3v) is 8.03. The standard InChI is InChI=1S/C25H28F5N7O5S/c1-12(2)37-21-18(11-31-23(35-21)32-13-3-5-14(6-4-13)33-24(39)40)34-20(22(37)38)19-16(26)9-15(10-17(19)27)36-43(41,42)8-7-25(28,29)30/h9-14,33,36H,3-8H2,1-2H3,(H,39,40)(H,31,32,35)/t13-,14-. The van der Waals surface area contributed by atoms with Crippen molar-refractivity contribution in [2.75, 3.05) is 15.8 Å². The summed E-state index contributed by atoms with van der Waals surface area (Å²) in [6, 6.07) is 0.301. The Kier molecular flexibility index (Phi) is 9.08. The topological polar surface area (TPSA) is 168 Å². The van der Waals surface area contributed by atoms with Gasteiger partial charge in [-0.05, 0) is 51.7 Å². The molecule has 2 heterocycles. The number of nitrogens with zero attached hydrogens (tertiary/aromatic N) is 4. The summed E-state index contributed by atoms with van der Waals surface area (Å²) in [4.78, 5) is 37.1. The van der Waals surface area contributed by atoms with E-state index in [0.29, 0.717) is 37.8 Å². The highest BCUT2D eigenvalue weighted by Crippen LogP contribution is 2.29. The number of rotatable bonds is 9. The molecule has 0 atom stereocenters. The van der Waals surface area contributed by atoms with E-state index in [1.807, 2.05) is 0 Å². The molecule has 1 aromatic carbocycles. The first-order valence-corrected chi connectivity index (χ1v) is 14.8.